The van der Waals surface area contributed by atoms with Gasteiger partial charge in [-0.05, 0) is 42.3 Å². The normalized spacial score (nSPS) is 24.7. The Balaban J connectivity index is 2.16. The topological polar surface area (TPSA) is 99.4 Å². The lowest BCUT2D eigenvalue weighted by atomic mass is 9.79. The fourth-order valence-corrected chi connectivity index (χ4v) is 4.17. The number of hydrogen-bond donors (Lipinski definition) is 4. The number of fused-ring (bicyclic) bond motifs is 1. The van der Waals surface area contributed by atoms with E-state index in [1.54, 1.807) is 12.1 Å². The molecule has 3 atom stereocenters. The Bertz CT molecular complexity index is 876. The van der Waals surface area contributed by atoms with E-state index in [1.165, 1.54) is 18.2 Å². The summed E-state index contributed by atoms with van der Waals surface area (Å²) in [7, 11) is -1.70. The predicted molar refractivity (Wildman–Crippen MR) is 108 cm³/mol. The van der Waals surface area contributed by atoms with Gasteiger partial charge in [-0.25, -0.2) is 0 Å². The first-order chi connectivity index (χ1) is 12.9. The van der Waals surface area contributed by atoms with Gasteiger partial charge in [0.25, 0.3) is 0 Å². The van der Waals surface area contributed by atoms with Crippen molar-refractivity contribution in [1.29, 1.82) is 0 Å². The standard InChI is InChI=1S/C21H28O6Si/c1-20(2,3)12-6-9-15(16(23)10-12)21(25)18(24)14-8-7-13(22)11-17(14)26-19(21)27-28(4)5/h6-11,18-19,22-25,28H,1-5H3. The molecule has 0 amide bonds. The van der Waals surface area contributed by atoms with Crippen LogP contribution in [0.5, 0.6) is 17.2 Å². The van der Waals surface area contributed by atoms with Gasteiger partial charge in [-0.1, -0.05) is 32.9 Å². The summed E-state index contributed by atoms with van der Waals surface area (Å²) in [4.78, 5) is 0. The number of phenolic OH excluding ortho intramolecular Hbond substituents is 2. The Morgan fingerprint density at radius 3 is 2.32 bits per heavy atom. The van der Waals surface area contributed by atoms with Crippen LogP contribution in [0.2, 0.25) is 13.1 Å². The lowest BCUT2D eigenvalue weighted by molar-refractivity contribution is -0.225. The maximum absolute atomic E-state index is 11.6. The van der Waals surface area contributed by atoms with E-state index in [0.717, 1.165) is 5.56 Å². The van der Waals surface area contributed by atoms with Crippen LogP contribution in [-0.2, 0) is 15.4 Å². The number of aromatic hydroxyl groups is 2. The summed E-state index contributed by atoms with van der Waals surface area (Å²) in [6.45, 7) is 9.89. The van der Waals surface area contributed by atoms with Crippen LogP contribution in [0.3, 0.4) is 0 Å². The zero-order chi connectivity index (χ0) is 20.9. The molecule has 0 radical (unpaired) electrons. The number of phenols is 2. The molecule has 6 nitrogen and oxygen atoms in total. The van der Waals surface area contributed by atoms with Crippen LogP contribution in [0.4, 0.5) is 0 Å². The summed E-state index contributed by atoms with van der Waals surface area (Å²) < 4.78 is 11.7. The second-order valence-corrected chi connectivity index (χ2v) is 10.9. The molecule has 1 aliphatic rings. The molecular weight excluding hydrogens is 376 g/mol. The third-order valence-electron chi connectivity index (χ3n) is 4.99. The highest BCUT2D eigenvalue weighted by molar-refractivity contribution is 6.48. The van der Waals surface area contributed by atoms with Crippen molar-refractivity contribution in [2.24, 2.45) is 0 Å². The molecule has 0 aromatic heterocycles. The van der Waals surface area contributed by atoms with Crippen LogP contribution in [0.15, 0.2) is 36.4 Å². The first-order valence-corrected chi connectivity index (χ1v) is 12.1. The lowest BCUT2D eigenvalue weighted by Gasteiger charge is -2.44. The molecule has 3 unspecified atom stereocenters. The average Bonchev–Trinajstić information content (AvgIpc) is 2.58. The molecule has 2 aromatic carbocycles. The van der Waals surface area contributed by atoms with E-state index in [2.05, 4.69) is 0 Å². The molecule has 152 valence electrons. The van der Waals surface area contributed by atoms with E-state index in [4.69, 9.17) is 9.16 Å². The van der Waals surface area contributed by atoms with Crippen LogP contribution in [0, 0.1) is 0 Å². The fraction of sp³-hybridized carbons (Fsp3) is 0.429. The van der Waals surface area contributed by atoms with Crippen LogP contribution in [0.1, 0.15) is 43.6 Å². The van der Waals surface area contributed by atoms with Gasteiger partial charge in [0.1, 0.15) is 23.4 Å². The number of benzene rings is 2. The van der Waals surface area contributed by atoms with Crippen molar-refractivity contribution in [3.63, 3.8) is 0 Å². The van der Waals surface area contributed by atoms with Gasteiger partial charge in [-0.15, -0.1) is 0 Å². The number of aliphatic hydroxyl groups is 2. The summed E-state index contributed by atoms with van der Waals surface area (Å²) in [5, 5.41) is 43.2. The molecule has 2 aromatic rings. The van der Waals surface area contributed by atoms with Crippen LogP contribution in [0.25, 0.3) is 0 Å². The maximum atomic E-state index is 11.6. The highest BCUT2D eigenvalue weighted by atomic mass is 28.3. The molecule has 3 rings (SSSR count). The smallest absolute Gasteiger partial charge is 0.227 e. The molecule has 0 aliphatic carbocycles. The lowest BCUT2D eigenvalue weighted by Crippen LogP contribution is -2.53. The summed E-state index contributed by atoms with van der Waals surface area (Å²) in [6.07, 6.45) is -2.64. The monoisotopic (exact) mass is 404 g/mol. The number of rotatable bonds is 3. The van der Waals surface area contributed by atoms with Crippen LogP contribution >= 0.6 is 0 Å². The van der Waals surface area contributed by atoms with E-state index < -0.39 is 27.0 Å². The first-order valence-electron chi connectivity index (χ1n) is 9.34. The Hall–Kier alpha value is -2.06. The quantitative estimate of drug-likeness (QED) is 0.587. The summed E-state index contributed by atoms with van der Waals surface area (Å²) >= 11 is 0. The molecule has 0 spiro atoms. The Morgan fingerprint density at radius 1 is 1.07 bits per heavy atom. The molecule has 1 aliphatic heterocycles. The van der Waals surface area contributed by atoms with Gasteiger partial charge in [-0.2, -0.15) is 0 Å². The molecule has 0 fully saturated rings. The summed E-state index contributed by atoms with van der Waals surface area (Å²) in [5.74, 6) is 0.0794. The summed E-state index contributed by atoms with van der Waals surface area (Å²) in [6, 6.07) is 9.29. The van der Waals surface area contributed by atoms with Gasteiger partial charge in [-0.3, -0.25) is 0 Å². The fourth-order valence-electron chi connectivity index (χ4n) is 3.41. The number of ether oxygens (including phenoxy) is 1. The van der Waals surface area contributed by atoms with E-state index in [-0.39, 0.29) is 28.2 Å². The van der Waals surface area contributed by atoms with Crippen molar-refractivity contribution >= 4 is 9.04 Å². The molecule has 0 saturated heterocycles. The third-order valence-corrected chi connectivity index (χ3v) is 5.78. The minimum absolute atomic E-state index is 0.0192. The van der Waals surface area contributed by atoms with E-state index in [0.29, 0.717) is 5.56 Å². The second-order valence-electron chi connectivity index (χ2n) is 8.57. The predicted octanol–water partition coefficient (Wildman–Crippen LogP) is 3.04. The highest BCUT2D eigenvalue weighted by Gasteiger charge is 2.54. The van der Waals surface area contributed by atoms with Gasteiger partial charge in [0.15, 0.2) is 14.6 Å². The highest BCUT2D eigenvalue weighted by Crippen LogP contribution is 2.50. The zero-order valence-corrected chi connectivity index (χ0v) is 18.0. The minimum Gasteiger partial charge on any atom is -0.508 e. The molecule has 0 saturated carbocycles. The molecule has 1 heterocycles. The van der Waals surface area contributed by atoms with Crippen molar-refractivity contribution in [3.8, 4) is 17.2 Å². The Kier molecular flexibility index (Phi) is 5.22. The molecule has 0 bridgehead atoms. The van der Waals surface area contributed by atoms with E-state index in [1.807, 2.05) is 39.9 Å². The Morgan fingerprint density at radius 2 is 1.75 bits per heavy atom. The van der Waals surface area contributed by atoms with Gasteiger partial charge in [0.05, 0.1) is 0 Å². The van der Waals surface area contributed by atoms with Crippen molar-refractivity contribution < 1.29 is 29.6 Å². The van der Waals surface area contributed by atoms with E-state index >= 15 is 0 Å². The molecule has 28 heavy (non-hydrogen) atoms. The Labute approximate surface area is 166 Å². The number of hydrogen-bond acceptors (Lipinski definition) is 6. The van der Waals surface area contributed by atoms with Gasteiger partial charge in [0.2, 0.25) is 6.29 Å². The summed E-state index contributed by atoms with van der Waals surface area (Å²) in [5.41, 5.74) is -0.867. The van der Waals surface area contributed by atoms with E-state index in [9.17, 15) is 20.4 Å². The van der Waals surface area contributed by atoms with Crippen LogP contribution < -0.4 is 4.74 Å². The average molecular weight is 405 g/mol. The minimum atomic E-state index is -2.01. The van der Waals surface area contributed by atoms with Crippen molar-refractivity contribution in [2.45, 2.75) is 57.3 Å². The molecule has 4 N–H and O–H groups in total. The molecule has 7 heteroatoms. The van der Waals surface area contributed by atoms with Crippen molar-refractivity contribution in [2.75, 3.05) is 0 Å². The number of aliphatic hydroxyl groups excluding tert-OH is 1. The van der Waals surface area contributed by atoms with Gasteiger partial charge in [0, 0.05) is 17.2 Å². The van der Waals surface area contributed by atoms with Gasteiger partial charge < -0.3 is 29.6 Å². The molecular formula is C21H28O6Si. The first kappa shape index (κ1) is 20.7. The largest absolute Gasteiger partial charge is 0.508 e. The third kappa shape index (κ3) is 3.51. The SMILES string of the molecule is C[SiH](C)OC1Oc2cc(O)ccc2C(O)C1(O)c1ccc(C(C)(C)C)cc1O. The van der Waals surface area contributed by atoms with Crippen molar-refractivity contribution in [1.82, 2.24) is 0 Å². The van der Waals surface area contributed by atoms with Crippen LogP contribution in [-0.4, -0.2) is 35.8 Å². The zero-order valence-electron chi connectivity index (χ0n) is 16.8. The second kappa shape index (κ2) is 7.08. The van der Waals surface area contributed by atoms with Gasteiger partial charge >= 0.3 is 0 Å². The van der Waals surface area contributed by atoms with Crippen molar-refractivity contribution in [3.05, 3.63) is 53.1 Å². The maximum Gasteiger partial charge on any atom is 0.227 e.